The van der Waals surface area contributed by atoms with Crippen LogP contribution in [0.1, 0.15) is 31.7 Å². The molecule has 0 aromatic heterocycles. The zero-order valence-electron chi connectivity index (χ0n) is 12.9. The summed E-state index contributed by atoms with van der Waals surface area (Å²) >= 11 is 0. The van der Waals surface area contributed by atoms with Crippen molar-refractivity contribution in [2.24, 2.45) is 5.92 Å². The standard InChI is InChI=1S/C19H22N2O/c1-2-14-6-8-16(9-7-14)20-17-10-12-18(13-11-17)21-19(22)15-4-3-5-15/h6-13,15,20H,2-5H2,1H3,(H,21,22). The van der Waals surface area contributed by atoms with Crippen LogP contribution in [0.15, 0.2) is 48.5 Å². The van der Waals surface area contributed by atoms with Gasteiger partial charge in [0.2, 0.25) is 5.91 Å². The molecule has 0 aliphatic heterocycles. The summed E-state index contributed by atoms with van der Waals surface area (Å²) in [5.41, 5.74) is 4.29. The highest BCUT2D eigenvalue weighted by Crippen LogP contribution is 2.28. The molecule has 0 heterocycles. The molecular weight excluding hydrogens is 272 g/mol. The highest BCUT2D eigenvalue weighted by Gasteiger charge is 2.24. The molecule has 0 atom stereocenters. The molecule has 0 spiro atoms. The Balaban J connectivity index is 1.59. The minimum absolute atomic E-state index is 0.155. The van der Waals surface area contributed by atoms with E-state index >= 15 is 0 Å². The lowest BCUT2D eigenvalue weighted by Gasteiger charge is -2.24. The average molecular weight is 294 g/mol. The summed E-state index contributed by atoms with van der Waals surface area (Å²) in [6.45, 7) is 2.15. The predicted molar refractivity (Wildman–Crippen MR) is 91.5 cm³/mol. The number of anilines is 3. The first-order chi connectivity index (χ1) is 10.7. The topological polar surface area (TPSA) is 41.1 Å². The molecule has 1 saturated carbocycles. The lowest BCUT2D eigenvalue weighted by molar-refractivity contribution is -0.122. The van der Waals surface area contributed by atoms with Crippen LogP contribution in [0.3, 0.4) is 0 Å². The first kappa shape index (κ1) is 14.6. The van der Waals surface area contributed by atoms with Gasteiger partial charge in [0, 0.05) is 23.0 Å². The quantitative estimate of drug-likeness (QED) is 0.837. The molecule has 0 bridgehead atoms. The van der Waals surface area contributed by atoms with Crippen molar-refractivity contribution in [3.8, 4) is 0 Å². The smallest absolute Gasteiger partial charge is 0.227 e. The van der Waals surface area contributed by atoms with Crippen LogP contribution in [0.2, 0.25) is 0 Å². The number of carbonyl (C=O) groups excluding carboxylic acids is 1. The molecule has 0 radical (unpaired) electrons. The van der Waals surface area contributed by atoms with Crippen molar-refractivity contribution in [2.45, 2.75) is 32.6 Å². The molecule has 3 heteroatoms. The van der Waals surface area contributed by atoms with Gasteiger partial charge in [-0.1, -0.05) is 25.5 Å². The Bertz CT molecular complexity index is 627. The Labute approximate surface area is 131 Å². The van der Waals surface area contributed by atoms with E-state index in [0.717, 1.165) is 36.3 Å². The maximum Gasteiger partial charge on any atom is 0.227 e. The number of aryl methyl sites for hydroxylation is 1. The molecule has 0 saturated heterocycles. The molecule has 3 nitrogen and oxygen atoms in total. The van der Waals surface area contributed by atoms with E-state index in [-0.39, 0.29) is 11.8 Å². The van der Waals surface area contributed by atoms with Gasteiger partial charge < -0.3 is 10.6 Å². The summed E-state index contributed by atoms with van der Waals surface area (Å²) in [7, 11) is 0. The fourth-order valence-corrected chi connectivity index (χ4v) is 2.54. The number of hydrogen-bond donors (Lipinski definition) is 2. The minimum atomic E-state index is 0.155. The third-order valence-electron chi connectivity index (χ3n) is 4.28. The summed E-state index contributed by atoms with van der Waals surface area (Å²) in [5.74, 6) is 0.372. The van der Waals surface area contributed by atoms with Gasteiger partial charge in [0.05, 0.1) is 0 Å². The molecule has 1 aliphatic carbocycles. The molecule has 0 unspecified atom stereocenters. The van der Waals surface area contributed by atoms with Crippen molar-refractivity contribution in [3.63, 3.8) is 0 Å². The minimum Gasteiger partial charge on any atom is -0.356 e. The second-order valence-corrected chi connectivity index (χ2v) is 5.87. The molecule has 1 aliphatic rings. The summed E-state index contributed by atoms with van der Waals surface area (Å²) in [5, 5.41) is 6.35. The second-order valence-electron chi connectivity index (χ2n) is 5.87. The van der Waals surface area contributed by atoms with Gasteiger partial charge in [-0.2, -0.15) is 0 Å². The van der Waals surface area contributed by atoms with Crippen molar-refractivity contribution < 1.29 is 4.79 Å². The summed E-state index contributed by atoms with van der Waals surface area (Å²) in [4.78, 5) is 11.9. The van der Waals surface area contributed by atoms with Gasteiger partial charge in [-0.25, -0.2) is 0 Å². The van der Waals surface area contributed by atoms with Crippen LogP contribution in [-0.4, -0.2) is 5.91 Å². The lowest BCUT2D eigenvalue weighted by Crippen LogP contribution is -2.27. The van der Waals surface area contributed by atoms with Gasteiger partial charge in [-0.15, -0.1) is 0 Å². The predicted octanol–water partition coefficient (Wildman–Crippen LogP) is 4.73. The molecule has 114 valence electrons. The number of nitrogens with one attached hydrogen (secondary N) is 2. The Kier molecular flexibility index (Phi) is 4.42. The Morgan fingerprint density at radius 3 is 2.00 bits per heavy atom. The van der Waals surface area contributed by atoms with E-state index in [4.69, 9.17) is 0 Å². The maximum absolute atomic E-state index is 11.9. The SMILES string of the molecule is CCc1ccc(Nc2ccc(NC(=O)C3CCC3)cc2)cc1. The largest absolute Gasteiger partial charge is 0.356 e. The average Bonchev–Trinajstić information content (AvgIpc) is 2.48. The van der Waals surface area contributed by atoms with Gasteiger partial charge >= 0.3 is 0 Å². The zero-order chi connectivity index (χ0) is 15.4. The lowest BCUT2D eigenvalue weighted by atomic mass is 9.85. The van der Waals surface area contributed by atoms with E-state index in [1.807, 2.05) is 24.3 Å². The third kappa shape index (κ3) is 3.48. The molecule has 22 heavy (non-hydrogen) atoms. The molecule has 3 rings (SSSR count). The maximum atomic E-state index is 11.9. The van der Waals surface area contributed by atoms with Gasteiger partial charge in [-0.3, -0.25) is 4.79 Å². The van der Waals surface area contributed by atoms with Crippen molar-refractivity contribution in [3.05, 3.63) is 54.1 Å². The summed E-state index contributed by atoms with van der Waals surface area (Å²) in [6.07, 6.45) is 4.28. The van der Waals surface area contributed by atoms with Crippen LogP contribution in [0.4, 0.5) is 17.1 Å². The summed E-state index contributed by atoms with van der Waals surface area (Å²) < 4.78 is 0. The molecular formula is C19H22N2O. The molecule has 1 amide bonds. The van der Waals surface area contributed by atoms with E-state index in [1.165, 1.54) is 12.0 Å². The van der Waals surface area contributed by atoms with Gasteiger partial charge in [-0.05, 0) is 61.2 Å². The van der Waals surface area contributed by atoms with Crippen molar-refractivity contribution >= 4 is 23.0 Å². The highest BCUT2D eigenvalue weighted by atomic mass is 16.1. The van der Waals surface area contributed by atoms with Gasteiger partial charge in [0.1, 0.15) is 0 Å². The third-order valence-corrected chi connectivity index (χ3v) is 4.28. The summed E-state index contributed by atoms with van der Waals surface area (Å²) in [6, 6.07) is 16.3. The zero-order valence-corrected chi connectivity index (χ0v) is 12.9. The van der Waals surface area contributed by atoms with Crippen molar-refractivity contribution in [2.75, 3.05) is 10.6 Å². The number of hydrogen-bond acceptors (Lipinski definition) is 2. The van der Waals surface area contributed by atoms with E-state index in [2.05, 4.69) is 41.8 Å². The Hall–Kier alpha value is -2.29. The van der Waals surface area contributed by atoms with E-state index < -0.39 is 0 Å². The normalized spacial score (nSPS) is 14.2. The van der Waals surface area contributed by atoms with Gasteiger partial charge in [0.15, 0.2) is 0 Å². The van der Waals surface area contributed by atoms with Crippen LogP contribution in [-0.2, 0) is 11.2 Å². The van der Waals surface area contributed by atoms with Crippen LogP contribution in [0.5, 0.6) is 0 Å². The monoisotopic (exact) mass is 294 g/mol. The molecule has 1 fully saturated rings. The number of amides is 1. The molecule has 2 aromatic carbocycles. The second kappa shape index (κ2) is 6.65. The fraction of sp³-hybridized carbons (Fsp3) is 0.316. The highest BCUT2D eigenvalue weighted by molar-refractivity contribution is 5.93. The number of carbonyl (C=O) groups is 1. The number of rotatable bonds is 5. The van der Waals surface area contributed by atoms with Crippen LogP contribution in [0.25, 0.3) is 0 Å². The molecule has 2 aromatic rings. The van der Waals surface area contributed by atoms with Crippen LogP contribution >= 0.6 is 0 Å². The van der Waals surface area contributed by atoms with Crippen molar-refractivity contribution in [1.82, 2.24) is 0 Å². The van der Waals surface area contributed by atoms with Crippen LogP contribution in [0, 0.1) is 5.92 Å². The van der Waals surface area contributed by atoms with E-state index in [0.29, 0.717) is 0 Å². The first-order valence-electron chi connectivity index (χ1n) is 8.01. The Morgan fingerprint density at radius 1 is 0.955 bits per heavy atom. The first-order valence-corrected chi connectivity index (χ1v) is 8.01. The van der Waals surface area contributed by atoms with Crippen molar-refractivity contribution in [1.29, 1.82) is 0 Å². The Morgan fingerprint density at radius 2 is 1.50 bits per heavy atom. The van der Waals surface area contributed by atoms with Crippen LogP contribution < -0.4 is 10.6 Å². The fourth-order valence-electron chi connectivity index (χ4n) is 2.54. The van der Waals surface area contributed by atoms with E-state index in [1.54, 1.807) is 0 Å². The van der Waals surface area contributed by atoms with Gasteiger partial charge in [0.25, 0.3) is 0 Å². The van der Waals surface area contributed by atoms with E-state index in [9.17, 15) is 4.79 Å². The molecule has 2 N–H and O–H groups in total. The number of benzene rings is 2.